The number of ether oxygens (including phenoxy) is 1. The van der Waals surface area contributed by atoms with Gasteiger partial charge in [-0.2, -0.15) is 0 Å². The fraction of sp³-hybridized carbons (Fsp3) is 0.611. The average Bonchev–Trinajstić information content (AvgIpc) is 3.11. The summed E-state index contributed by atoms with van der Waals surface area (Å²) in [6.45, 7) is 3.83. The van der Waals surface area contributed by atoms with Crippen molar-refractivity contribution in [2.75, 3.05) is 20.2 Å². The minimum atomic E-state index is -3.50. The van der Waals surface area contributed by atoms with Crippen LogP contribution in [0.2, 0.25) is 0 Å². The predicted molar refractivity (Wildman–Crippen MR) is 117 cm³/mol. The first-order valence-electron chi connectivity index (χ1n) is 9.15. The van der Waals surface area contributed by atoms with E-state index in [9.17, 15) is 8.42 Å². The first kappa shape index (κ1) is 22.4. The zero-order valence-corrected chi connectivity index (χ0v) is 18.9. The van der Waals surface area contributed by atoms with Crippen LogP contribution in [-0.4, -0.2) is 46.7 Å². The molecule has 3 rings (SSSR count). The van der Waals surface area contributed by atoms with Crippen molar-refractivity contribution in [3.05, 3.63) is 29.8 Å². The Bertz CT molecular complexity index is 733. The lowest BCUT2D eigenvalue weighted by Crippen LogP contribution is -2.38. The second-order valence-electron chi connectivity index (χ2n) is 7.02. The van der Waals surface area contributed by atoms with Gasteiger partial charge in [-0.05, 0) is 42.9 Å². The van der Waals surface area contributed by atoms with Gasteiger partial charge in [-0.15, -0.1) is 24.0 Å². The molecule has 1 aromatic rings. The van der Waals surface area contributed by atoms with E-state index < -0.39 is 10.0 Å². The molecule has 1 saturated heterocycles. The summed E-state index contributed by atoms with van der Waals surface area (Å²) in [7, 11) is -1.75. The lowest BCUT2D eigenvalue weighted by atomic mass is 10.2. The number of benzene rings is 1. The molecule has 0 amide bonds. The number of halogens is 1. The standard InChI is InChI=1S/C18H28N4O3S.HI/c1-13-10-17(13)22-18(19-2)20-11-14-5-7-16(8-6-14)26(23,24)21-12-15-4-3-9-25-15;/h5-8,13,15,17,21H,3-4,9-12H2,1-2H3,(H2,19,20,22);1H. The smallest absolute Gasteiger partial charge is 0.240 e. The van der Waals surface area contributed by atoms with Gasteiger partial charge in [0.05, 0.1) is 11.0 Å². The van der Waals surface area contributed by atoms with Gasteiger partial charge >= 0.3 is 0 Å². The van der Waals surface area contributed by atoms with E-state index in [0.717, 1.165) is 24.4 Å². The third-order valence-electron chi connectivity index (χ3n) is 4.87. The number of nitrogens with one attached hydrogen (secondary N) is 3. The van der Waals surface area contributed by atoms with E-state index in [0.29, 0.717) is 31.7 Å². The maximum atomic E-state index is 12.4. The SMILES string of the molecule is CN=C(NCc1ccc(S(=O)(=O)NCC2CCCO2)cc1)NC1CC1C.I. The summed E-state index contributed by atoms with van der Waals surface area (Å²) < 4.78 is 32.8. The van der Waals surface area contributed by atoms with Crippen molar-refractivity contribution < 1.29 is 13.2 Å². The fourth-order valence-corrected chi connectivity index (χ4v) is 4.02. The summed E-state index contributed by atoms with van der Waals surface area (Å²) >= 11 is 0. The summed E-state index contributed by atoms with van der Waals surface area (Å²) in [4.78, 5) is 4.49. The van der Waals surface area contributed by atoms with Crippen molar-refractivity contribution in [1.82, 2.24) is 15.4 Å². The van der Waals surface area contributed by atoms with E-state index in [2.05, 4.69) is 27.3 Å². The lowest BCUT2D eigenvalue weighted by molar-refractivity contribution is 0.114. The Balaban J connectivity index is 0.00000261. The van der Waals surface area contributed by atoms with Gasteiger partial charge < -0.3 is 15.4 Å². The molecule has 3 unspecified atom stereocenters. The Labute approximate surface area is 178 Å². The van der Waals surface area contributed by atoms with Crippen LogP contribution in [0.4, 0.5) is 0 Å². The molecule has 3 N–H and O–H groups in total. The van der Waals surface area contributed by atoms with Gasteiger partial charge in [-0.25, -0.2) is 13.1 Å². The Morgan fingerprint density at radius 1 is 1.30 bits per heavy atom. The number of hydrogen-bond acceptors (Lipinski definition) is 4. The molecular weight excluding hydrogens is 479 g/mol. The molecule has 0 aromatic heterocycles. The molecule has 1 heterocycles. The highest BCUT2D eigenvalue weighted by molar-refractivity contribution is 14.0. The molecule has 9 heteroatoms. The Hall–Kier alpha value is -0.910. The van der Waals surface area contributed by atoms with Crippen molar-refractivity contribution in [3.63, 3.8) is 0 Å². The minimum absolute atomic E-state index is 0. The molecular formula is C18H29IN4O3S. The zero-order chi connectivity index (χ0) is 18.6. The zero-order valence-electron chi connectivity index (χ0n) is 15.8. The number of nitrogens with zero attached hydrogens (tertiary/aromatic N) is 1. The minimum Gasteiger partial charge on any atom is -0.377 e. The predicted octanol–water partition coefficient (Wildman–Crippen LogP) is 1.84. The number of rotatable bonds is 7. The third-order valence-corrected chi connectivity index (χ3v) is 6.31. The molecule has 0 radical (unpaired) electrons. The van der Waals surface area contributed by atoms with E-state index >= 15 is 0 Å². The highest BCUT2D eigenvalue weighted by Crippen LogP contribution is 2.28. The highest BCUT2D eigenvalue weighted by atomic mass is 127. The van der Waals surface area contributed by atoms with E-state index in [1.807, 2.05) is 12.1 Å². The number of aliphatic imine (C=N–C) groups is 1. The lowest BCUT2D eigenvalue weighted by Gasteiger charge is -2.13. The van der Waals surface area contributed by atoms with E-state index in [-0.39, 0.29) is 35.0 Å². The van der Waals surface area contributed by atoms with Crippen molar-refractivity contribution >= 4 is 40.0 Å². The van der Waals surface area contributed by atoms with Crippen LogP contribution in [0, 0.1) is 5.92 Å². The molecule has 1 aliphatic heterocycles. The first-order valence-corrected chi connectivity index (χ1v) is 10.6. The van der Waals surface area contributed by atoms with Gasteiger partial charge in [0.2, 0.25) is 10.0 Å². The maximum absolute atomic E-state index is 12.4. The molecule has 1 aliphatic carbocycles. The molecule has 2 fully saturated rings. The summed E-state index contributed by atoms with van der Waals surface area (Å²) in [5, 5.41) is 6.62. The van der Waals surface area contributed by atoms with Crippen molar-refractivity contribution in [2.24, 2.45) is 10.9 Å². The topological polar surface area (TPSA) is 91.8 Å². The second kappa shape index (κ2) is 10.0. The van der Waals surface area contributed by atoms with Crippen LogP contribution in [0.3, 0.4) is 0 Å². The molecule has 0 bridgehead atoms. The van der Waals surface area contributed by atoms with Gasteiger partial charge in [0.15, 0.2) is 5.96 Å². The van der Waals surface area contributed by atoms with E-state index in [4.69, 9.17) is 4.74 Å². The third kappa shape index (κ3) is 6.58. The monoisotopic (exact) mass is 508 g/mol. The summed E-state index contributed by atoms with van der Waals surface area (Å²) in [6.07, 6.45) is 3.06. The molecule has 152 valence electrons. The molecule has 3 atom stereocenters. The van der Waals surface area contributed by atoms with Crippen LogP contribution >= 0.6 is 24.0 Å². The van der Waals surface area contributed by atoms with Crippen molar-refractivity contribution in [2.45, 2.75) is 49.8 Å². The number of sulfonamides is 1. The van der Waals surface area contributed by atoms with Gasteiger partial charge in [-0.1, -0.05) is 19.1 Å². The Kier molecular flexibility index (Phi) is 8.32. The van der Waals surface area contributed by atoms with Crippen molar-refractivity contribution in [1.29, 1.82) is 0 Å². The Morgan fingerprint density at radius 2 is 2.00 bits per heavy atom. The van der Waals surface area contributed by atoms with E-state index in [1.54, 1.807) is 19.2 Å². The van der Waals surface area contributed by atoms with Crippen molar-refractivity contribution in [3.8, 4) is 0 Å². The highest BCUT2D eigenvalue weighted by Gasteiger charge is 2.33. The number of guanidine groups is 1. The number of hydrogen-bond donors (Lipinski definition) is 3. The second-order valence-corrected chi connectivity index (χ2v) is 8.79. The largest absolute Gasteiger partial charge is 0.377 e. The maximum Gasteiger partial charge on any atom is 0.240 e. The molecule has 1 aromatic carbocycles. The summed E-state index contributed by atoms with van der Waals surface area (Å²) in [5.74, 6) is 1.47. The normalized spacial score (nSPS) is 25.0. The quantitative estimate of drug-likeness (QED) is 0.297. The van der Waals surface area contributed by atoms with Crippen LogP contribution in [0.15, 0.2) is 34.2 Å². The molecule has 27 heavy (non-hydrogen) atoms. The van der Waals surface area contributed by atoms with Crippen LogP contribution < -0.4 is 15.4 Å². The van der Waals surface area contributed by atoms with Gasteiger partial charge in [-0.3, -0.25) is 4.99 Å². The average molecular weight is 508 g/mol. The first-order chi connectivity index (χ1) is 12.5. The molecule has 0 spiro atoms. The van der Waals surface area contributed by atoms with Crippen LogP contribution in [0.5, 0.6) is 0 Å². The van der Waals surface area contributed by atoms with Crippen LogP contribution in [0.1, 0.15) is 31.7 Å². The van der Waals surface area contributed by atoms with Gasteiger partial charge in [0, 0.05) is 32.8 Å². The van der Waals surface area contributed by atoms with Crippen LogP contribution in [0.25, 0.3) is 0 Å². The molecule has 1 saturated carbocycles. The fourth-order valence-electron chi connectivity index (χ4n) is 2.96. The van der Waals surface area contributed by atoms with E-state index in [1.165, 1.54) is 6.42 Å². The molecule has 2 aliphatic rings. The summed E-state index contributed by atoms with van der Waals surface area (Å²) in [5.41, 5.74) is 0.995. The van der Waals surface area contributed by atoms with Gasteiger partial charge in [0.1, 0.15) is 0 Å². The molecule has 7 nitrogen and oxygen atoms in total. The van der Waals surface area contributed by atoms with Crippen LogP contribution in [-0.2, 0) is 21.3 Å². The Morgan fingerprint density at radius 3 is 2.56 bits per heavy atom. The van der Waals surface area contributed by atoms with Gasteiger partial charge in [0.25, 0.3) is 0 Å². The summed E-state index contributed by atoms with van der Waals surface area (Å²) in [6, 6.07) is 7.41.